The Morgan fingerprint density at radius 1 is 1.41 bits per heavy atom. The number of nitrogens with zero attached hydrogens (tertiary/aromatic N) is 1. The summed E-state index contributed by atoms with van der Waals surface area (Å²) in [5.41, 5.74) is 1.77. The molecule has 2 N–H and O–H groups in total. The molecule has 2 aliphatic heterocycles. The van der Waals surface area contributed by atoms with Crippen LogP contribution >= 0.6 is 11.3 Å². The Labute approximate surface area is 105 Å². The minimum absolute atomic E-state index is 0.157. The fourth-order valence-corrected chi connectivity index (χ4v) is 3.85. The fraction of sp³-hybridized carbons (Fsp3) is 0.583. The van der Waals surface area contributed by atoms with E-state index in [2.05, 4.69) is 17.6 Å². The second kappa shape index (κ2) is 3.46. The van der Waals surface area contributed by atoms with Gasteiger partial charge in [-0.05, 0) is 26.0 Å². The molecule has 0 saturated carbocycles. The van der Waals surface area contributed by atoms with E-state index in [0.717, 1.165) is 35.6 Å². The number of amides is 1. The maximum atomic E-state index is 12.5. The van der Waals surface area contributed by atoms with E-state index in [-0.39, 0.29) is 11.6 Å². The van der Waals surface area contributed by atoms with E-state index >= 15 is 0 Å². The van der Waals surface area contributed by atoms with Crippen molar-refractivity contribution in [3.63, 3.8) is 0 Å². The van der Waals surface area contributed by atoms with Gasteiger partial charge in [-0.25, -0.2) is 0 Å². The molecular weight excluding hydrogens is 234 g/mol. The molecule has 0 aliphatic carbocycles. The number of hydrogen-bond donors (Lipinski definition) is 2. The Morgan fingerprint density at radius 3 is 2.82 bits per heavy atom. The third-order valence-corrected chi connectivity index (χ3v) is 5.15. The number of fused-ring (bicyclic) bond motifs is 1. The highest BCUT2D eigenvalue weighted by Crippen LogP contribution is 2.41. The predicted molar refractivity (Wildman–Crippen MR) is 69.7 cm³/mol. The molecule has 0 bridgehead atoms. The summed E-state index contributed by atoms with van der Waals surface area (Å²) in [6, 6.07) is 0. The molecule has 1 unspecified atom stereocenters. The van der Waals surface area contributed by atoms with Gasteiger partial charge < -0.3 is 15.5 Å². The smallest absolute Gasteiger partial charge is 0.258 e. The lowest BCUT2D eigenvalue weighted by molar-refractivity contribution is 0.0623. The van der Waals surface area contributed by atoms with Crippen molar-refractivity contribution < 1.29 is 4.79 Å². The Kier molecular flexibility index (Phi) is 2.25. The van der Waals surface area contributed by atoms with E-state index in [9.17, 15) is 4.79 Å². The first kappa shape index (κ1) is 11.0. The molecule has 0 radical (unpaired) electrons. The lowest BCUT2D eigenvalue weighted by Crippen LogP contribution is -2.59. The summed E-state index contributed by atoms with van der Waals surface area (Å²) >= 11 is 1.70. The van der Waals surface area contributed by atoms with Crippen LogP contribution in [0.25, 0.3) is 0 Å². The molecule has 4 nitrogen and oxygen atoms in total. The zero-order chi connectivity index (χ0) is 12.2. The first-order valence-electron chi connectivity index (χ1n) is 5.92. The van der Waals surface area contributed by atoms with Gasteiger partial charge in [0.2, 0.25) is 0 Å². The van der Waals surface area contributed by atoms with Crippen molar-refractivity contribution in [3.05, 3.63) is 16.0 Å². The van der Waals surface area contributed by atoms with E-state index in [1.54, 1.807) is 11.3 Å². The highest BCUT2D eigenvalue weighted by atomic mass is 32.1. The maximum absolute atomic E-state index is 12.5. The van der Waals surface area contributed by atoms with Gasteiger partial charge in [-0.1, -0.05) is 0 Å². The molecule has 1 aromatic heterocycles. The predicted octanol–water partition coefficient (Wildman–Crippen LogP) is 1.55. The highest BCUT2D eigenvalue weighted by Gasteiger charge is 2.46. The number of anilines is 1. The third kappa shape index (κ3) is 1.35. The molecule has 1 fully saturated rings. The van der Waals surface area contributed by atoms with Gasteiger partial charge in [-0.2, -0.15) is 0 Å². The van der Waals surface area contributed by atoms with Crippen LogP contribution in [0.5, 0.6) is 0 Å². The van der Waals surface area contributed by atoms with Gasteiger partial charge >= 0.3 is 0 Å². The van der Waals surface area contributed by atoms with E-state index in [1.165, 1.54) is 4.88 Å². The molecule has 17 heavy (non-hydrogen) atoms. The van der Waals surface area contributed by atoms with Crippen LogP contribution < -0.4 is 10.6 Å². The van der Waals surface area contributed by atoms with Crippen LogP contribution in [0.15, 0.2) is 0 Å². The number of carbonyl (C=O) groups is 1. The second-order valence-corrected chi connectivity index (χ2v) is 6.16. The molecule has 3 rings (SSSR count). The van der Waals surface area contributed by atoms with Gasteiger partial charge in [0.1, 0.15) is 10.7 Å². The normalized spacial score (nSPS) is 27.5. The average molecular weight is 251 g/mol. The lowest BCUT2D eigenvalue weighted by Gasteiger charge is -2.43. The van der Waals surface area contributed by atoms with Gasteiger partial charge in [-0.3, -0.25) is 4.79 Å². The minimum atomic E-state index is -0.214. The molecule has 92 valence electrons. The van der Waals surface area contributed by atoms with Crippen molar-refractivity contribution in [2.45, 2.75) is 25.9 Å². The number of carbonyl (C=O) groups excluding carboxylic acids is 1. The molecular formula is C12H17N3OS. The molecule has 1 atom stereocenters. The van der Waals surface area contributed by atoms with Crippen LogP contribution in [0, 0.1) is 13.8 Å². The summed E-state index contributed by atoms with van der Waals surface area (Å²) in [7, 11) is 1.90. The van der Waals surface area contributed by atoms with Gasteiger partial charge in [0, 0.05) is 24.9 Å². The van der Waals surface area contributed by atoms with E-state index < -0.39 is 0 Å². The van der Waals surface area contributed by atoms with Crippen molar-refractivity contribution in [1.82, 2.24) is 10.2 Å². The molecule has 1 spiro atoms. The first-order chi connectivity index (χ1) is 8.05. The minimum Gasteiger partial charge on any atom is -0.353 e. The maximum Gasteiger partial charge on any atom is 0.258 e. The quantitative estimate of drug-likeness (QED) is 0.735. The third-order valence-electron chi connectivity index (χ3n) is 4.02. The number of hydrogen-bond acceptors (Lipinski definition) is 4. The number of likely N-dealkylation sites (N-methyl/N-ethyl adjacent to an activating group) is 1. The van der Waals surface area contributed by atoms with Crippen molar-refractivity contribution >= 4 is 22.2 Å². The zero-order valence-corrected chi connectivity index (χ0v) is 11.2. The SMILES string of the molecule is Cc1sc2c(c1C)C(=O)N(C)C1(CCNC1)N2. The molecule has 0 aromatic carbocycles. The Hall–Kier alpha value is -1.07. The van der Waals surface area contributed by atoms with Crippen molar-refractivity contribution in [1.29, 1.82) is 0 Å². The zero-order valence-electron chi connectivity index (χ0n) is 10.4. The molecule has 1 saturated heterocycles. The topological polar surface area (TPSA) is 44.4 Å². The summed E-state index contributed by atoms with van der Waals surface area (Å²) in [6.07, 6.45) is 0.963. The number of nitrogens with one attached hydrogen (secondary N) is 2. The van der Waals surface area contributed by atoms with Gasteiger partial charge in [-0.15, -0.1) is 11.3 Å². The van der Waals surface area contributed by atoms with Crippen LogP contribution in [0.4, 0.5) is 5.00 Å². The summed E-state index contributed by atoms with van der Waals surface area (Å²) in [6.45, 7) is 5.89. The summed E-state index contributed by atoms with van der Waals surface area (Å²) < 4.78 is 0. The Balaban J connectivity index is 2.12. The van der Waals surface area contributed by atoms with Gasteiger partial charge in [0.25, 0.3) is 5.91 Å². The molecule has 2 aliphatic rings. The van der Waals surface area contributed by atoms with Crippen molar-refractivity contribution in [3.8, 4) is 0 Å². The van der Waals surface area contributed by atoms with Crippen molar-refractivity contribution in [2.24, 2.45) is 0 Å². The molecule has 3 heterocycles. The van der Waals surface area contributed by atoms with Crippen LogP contribution in [0.3, 0.4) is 0 Å². The van der Waals surface area contributed by atoms with Crippen LogP contribution in [0.2, 0.25) is 0 Å². The van der Waals surface area contributed by atoms with Gasteiger partial charge in [0.05, 0.1) is 5.56 Å². The first-order valence-corrected chi connectivity index (χ1v) is 6.74. The summed E-state index contributed by atoms with van der Waals surface area (Å²) in [5, 5.41) is 7.96. The number of thiophene rings is 1. The second-order valence-electron chi connectivity index (χ2n) is 4.93. The van der Waals surface area contributed by atoms with Crippen LogP contribution in [-0.4, -0.2) is 36.6 Å². The molecule has 1 aromatic rings. The standard InChI is InChI=1S/C12H17N3OS/c1-7-8(2)17-10-9(7)11(16)15(3)12(14-10)4-5-13-6-12/h13-14H,4-6H2,1-3H3. The van der Waals surface area contributed by atoms with E-state index in [1.807, 2.05) is 18.9 Å². The van der Waals surface area contributed by atoms with Crippen LogP contribution in [-0.2, 0) is 0 Å². The summed E-state index contributed by atoms with van der Waals surface area (Å²) in [5.74, 6) is 0.157. The molecule has 5 heteroatoms. The Morgan fingerprint density at radius 2 is 2.18 bits per heavy atom. The summed E-state index contributed by atoms with van der Waals surface area (Å²) in [4.78, 5) is 15.6. The largest absolute Gasteiger partial charge is 0.353 e. The number of rotatable bonds is 0. The van der Waals surface area contributed by atoms with Crippen LogP contribution in [0.1, 0.15) is 27.2 Å². The monoisotopic (exact) mass is 251 g/mol. The highest BCUT2D eigenvalue weighted by molar-refractivity contribution is 7.16. The van der Waals surface area contributed by atoms with E-state index in [0.29, 0.717) is 0 Å². The van der Waals surface area contributed by atoms with Crippen molar-refractivity contribution in [2.75, 3.05) is 25.5 Å². The number of aryl methyl sites for hydroxylation is 1. The van der Waals surface area contributed by atoms with Gasteiger partial charge in [0.15, 0.2) is 0 Å². The Bertz CT molecular complexity index is 488. The lowest BCUT2D eigenvalue weighted by atomic mass is 10.0. The fourth-order valence-electron chi connectivity index (χ4n) is 2.70. The molecule has 1 amide bonds. The average Bonchev–Trinajstić information content (AvgIpc) is 2.85. The van der Waals surface area contributed by atoms with E-state index in [4.69, 9.17) is 0 Å².